The Balaban J connectivity index is 1.52. The third kappa shape index (κ3) is 5.77. The summed E-state index contributed by atoms with van der Waals surface area (Å²) in [6.07, 6.45) is 2.74. The Kier molecular flexibility index (Phi) is 7.50. The lowest BCUT2D eigenvalue weighted by atomic mass is 10.1. The minimum atomic E-state index is -0.256. The molecule has 0 atom stereocenters. The van der Waals surface area contributed by atoms with E-state index in [0.717, 1.165) is 28.9 Å². The Labute approximate surface area is 204 Å². The highest BCUT2D eigenvalue weighted by Gasteiger charge is 2.11. The molecule has 7 heteroatoms. The highest BCUT2D eigenvalue weighted by atomic mass is 35.5. The Morgan fingerprint density at radius 2 is 1.88 bits per heavy atom. The average molecular weight is 475 g/mol. The first kappa shape index (κ1) is 23.4. The van der Waals surface area contributed by atoms with Gasteiger partial charge >= 0.3 is 0 Å². The number of halogens is 1. The summed E-state index contributed by atoms with van der Waals surface area (Å²) >= 11 is 6.10. The second-order valence-electron chi connectivity index (χ2n) is 7.84. The number of nitrogens with one attached hydrogen (secondary N) is 3. The van der Waals surface area contributed by atoms with Crippen molar-refractivity contribution in [2.24, 2.45) is 4.99 Å². The number of amides is 1. The van der Waals surface area contributed by atoms with Gasteiger partial charge in [-0.3, -0.25) is 15.1 Å². The van der Waals surface area contributed by atoms with Crippen LogP contribution in [0.1, 0.15) is 28.4 Å². The van der Waals surface area contributed by atoms with Crippen molar-refractivity contribution in [3.05, 3.63) is 94.6 Å². The van der Waals surface area contributed by atoms with E-state index in [9.17, 15) is 4.79 Å². The molecule has 6 nitrogen and oxygen atoms in total. The number of H-pyrrole nitrogens is 1. The Bertz CT molecular complexity index is 1310. The highest BCUT2D eigenvalue weighted by molar-refractivity contribution is 6.30. The summed E-state index contributed by atoms with van der Waals surface area (Å²) in [6.45, 7) is 4.94. The minimum Gasteiger partial charge on any atom is -0.494 e. The van der Waals surface area contributed by atoms with Crippen LogP contribution in [0.5, 0.6) is 5.75 Å². The van der Waals surface area contributed by atoms with Gasteiger partial charge in [0, 0.05) is 39.9 Å². The van der Waals surface area contributed by atoms with Gasteiger partial charge < -0.3 is 15.0 Å². The van der Waals surface area contributed by atoms with Gasteiger partial charge in [0.05, 0.1) is 6.61 Å². The van der Waals surface area contributed by atoms with Gasteiger partial charge in [0.15, 0.2) is 0 Å². The molecular weight excluding hydrogens is 448 g/mol. The summed E-state index contributed by atoms with van der Waals surface area (Å²) in [7, 11) is 0. The van der Waals surface area contributed by atoms with Crippen molar-refractivity contribution >= 4 is 40.1 Å². The van der Waals surface area contributed by atoms with E-state index in [1.165, 1.54) is 10.9 Å². The Morgan fingerprint density at radius 1 is 1.09 bits per heavy atom. The van der Waals surface area contributed by atoms with Crippen LogP contribution in [0.2, 0.25) is 5.02 Å². The van der Waals surface area contributed by atoms with Crippen LogP contribution < -0.4 is 15.4 Å². The molecule has 0 radical (unpaired) electrons. The van der Waals surface area contributed by atoms with E-state index in [1.54, 1.807) is 30.3 Å². The van der Waals surface area contributed by atoms with E-state index in [4.69, 9.17) is 16.3 Å². The van der Waals surface area contributed by atoms with E-state index in [2.05, 4.69) is 32.7 Å². The fraction of sp³-hybridized carbons (Fsp3) is 0.185. The first-order valence-corrected chi connectivity index (χ1v) is 11.6. The molecule has 34 heavy (non-hydrogen) atoms. The van der Waals surface area contributed by atoms with Gasteiger partial charge in [0.25, 0.3) is 5.91 Å². The van der Waals surface area contributed by atoms with E-state index in [1.807, 2.05) is 44.3 Å². The maximum atomic E-state index is 12.9. The number of guanidine groups is 1. The number of aliphatic imine (C=N–C) groups is 1. The molecule has 1 heterocycles. The molecule has 1 amide bonds. The second kappa shape index (κ2) is 10.9. The van der Waals surface area contributed by atoms with Crippen molar-refractivity contribution in [2.75, 3.05) is 18.5 Å². The molecule has 3 N–H and O–H groups in total. The van der Waals surface area contributed by atoms with E-state index >= 15 is 0 Å². The summed E-state index contributed by atoms with van der Waals surface area (Å²) in [5.74, 6) is 0.846. The fourth-order valence-corrected chi connectivity index (χ4v) is 3.91. The number of aromatic nitrogens is 1. The van der Waals surface area contributed by atoms with Crippen LogP contribution in [0.15, 0.2) is 77.9 Å². The Morgan fingerprint density at radius 3 is 2.65 bits per heavy atom. The maximum absolute atomic E-state index is 12.9. The number of anilines is 1. The lowest BCUT2D eigenvalue weighted by molar-refractivity contribution is 0.0977. The van der Waals surface area contributed by atoms with Crippen molar-refractivity contribution in [1.29, 1.82) is 0 Å². The largest absolute Gasteiger partial charge is 0.494 e. The molecule has 0 fully saturated rings. The third-order valence-electron chi connectivity index (χ3n) is 5.43. The molecule has 0 aliphatic heterocycles. The summed E-state index contributed by atoms with van der Waals surface area (Å²) < 4.78 is 5.46. The number of carbonyl (C=O) groups excluding carboxylic acids is 1. The maximum Gasteiger partial charge on any atom is 0.257 e. The molecule has 4 rings (SSSR count). The Hall–Kier alpha value is -3.77. The molecular formula is C27H27ClN4O2. The molecule has 0 saturated heterocycles. The van der Waals surface area contributed by atoms with Gasteiger partial charge in [-0.25, -0.2) is 0 Å². The molecule has 4 aromatic rings. The number of rotatable bonds is 7. The molecule has 1 aromatic heterocycles. The number of para-hydroxylation sites is 1. The molecule has 0 bridgehead atoms. The van der Waals surface area contributed by atoms with E-state index < -0.39 is 0 Å². The smallest absolute Gasteiger partial charge is 0.257 e. The zero-order chi connectivity index (χ0) is 23.9. The van der Waals surface area contributed by atoms with Crippen LogP contribution in [0, 0.1) is 6.92 Å². The van der Waals surface area contributed by atoms with Crippen molar-refractivity contribution < 1.29 is 9.53 Å². The van der Waals surface area contributed by atoms with Crippen LogP contribution in [0.4, 0.5) is 5.69 Å². The van der Waals surface area contributed by atoms with Crippen molar-refractivity contribution in [2.45, 2.75) is 20.3 Å². The van der Waals surface area contributed by atoms with Crippen LogP contribution in [0.25, 0.3) is 10.9 Å². The molecule has 0 unspecified atom stereocenters. The van der Waals surface area contributed by atoms with Crippen LogP contribution in [-0.2, 0) is 6.42 Å². The average Bonchev–Trinajstić information content (AvgIpc) is 3.24. The number of ether oxygens (including phenoxy) is 1. The zero-order valence-electron chi connectivity index (χ0n) is 19.2. The van der Waals surface area contributed by atoms with Crippen molar-refractivity contribution in [3.8, 4) is 5.75 Å². The molecule has 0 saturated carbocycles. The van der Waals surface area contributed by atoms with Gasteiger partial charge in [-0.2, -0.15) is 0 Å². The highest BCUT2D eigenvalue weighted by Crippen LogP contribution is 2.20. The predicted octanol–water partition coefficient (Wildman–Crippen LogP) is 5.97. The van der Waals surface area contributed by atoms with Gasteiger partial charge in [0.2, 0.25) is 5.96 Å². The fourth-order valence-electron chi connectivity index (χ4n) is 3.68. The number of hydrogen-bond acceptors (Lipinski definition) is 3. The number of benzene rings is 3. The lowest BCUT2D eigenvalue weighted by Crippen LogP contribution is -2.36. The normalized spacial score (nSPS) is 11.4. The van der Waals surface area contributed by atoms with Gasteiger partial charge in [-0.05, 0) is 79.9 Å². The monoisotopic (exact) mass is 474 g/mol. The van der Waals surface area contributed by atoms with Crippen LogP contribution >= 0.6 is 11.6 Å². The lowest BCUT2D eigenvalue weighted by Gasteiger charge is -2.14. The van der Waals surface area contributed by atoms with E-state index in [-0.39, 0.29) is 5.91 Å². The number of aromatic amines is 1. The van der Waals surface area contributed by atoms with Crippen molar-refractivity contribution in [3.63, 3.8) is 0 Å². The molecule has 0 spiro atoms. The first-order valence-electron chi connectivity index (χ1n) is 11.2. The number of hydrogen-bond donors (Lipinski definition) is 3. The molecule has 174 valence electrons. The van der Waals surface area contributed by atoms with Gasteiger partial charge in [-0.1, -0.05) is 29.8 Å². The van der Waals surface area contributed by atoms with Crippen molar-refractivity contribution in [1.82, 2.24) is 10.3 Å². The first-order chi connectivity index (χ1) is 16.5. The van der Waals surface area contributed by atoms with Crippen LogP contribution in [-0.4, -0.2) is 30.0 Å². The minimum absolute atomic E-state index is 0.256. The SMILES string of the molecule is CCOc1ccc(C(=O)NC(=NCCc2c[nH]c3ccccc23)Nc2ccc(Cl)cc2C)cc1. The summed E-state index contributed by atoms with van der Waals surface area (Å²) in [6, 6.07) is 20.7. The molecule has 0 aliphatic rings. The van der Waals surface area contributed by atoms with Crippen LogP contribution in [0.3, 0.4) is 0 Å². The number of aryl methyl sites for hydroxylation is 1. The van der Waals surface area contributed by atoms with Gasteiger partial charge in [0.1, 0.15) is 5.75 Å². The summed E-state index contributed by atoms with van der Waals surface area (Å²) in [5, 5.41) is 7.99. The number of fused-ring (bicyclic) bond motifs is 1. The molecule has 0 aliphatic carbocycles. The van der Waals surface area contributed by atoms with E-state index in [0.29, 0.717) is 29.7 Å². The number of nitrogens with zero attached hydrogens (tertiary/aromatic N) is 1. The quantitative estimate of drug-likeness (QED) is 0.228. The summed E-state index contributed by atoms with van der Waals surface area (Å²) in [5.41, 5.74) is 4.57. The topological polar surface area (TPSA) is 78.5 Å². The summed E-state index contributed by atoms with van der Waals surface area (Å²) in [4.78, 5) is 20.9. The molecule has 3 aromatic carbocycles. The zero-order valence-corrected chi connectivity index (χ0v) is 19.9. The standard InChI is InChI=1S/C27H27ClN4O2/c1-3-34-22-11-8-19(9-12-22)26(33)32-27(31-24-13-10-21(28)16-18(24)2)29-15-14-20-17-30-25-7-5-4-6-23(20)25/h4-13,16-17,30H,3,14-15H2,1-2H3,(H2,29,31,32,33). The predicted molar refractivity (Wildman–Crippen MR) is 139 cm³/mol. The second-order valence-corrected chi connectivity index (χ2v) is 8.27. The third-order valence-corrected chi connectivity index (χ3v) is 5.66. The van der Waals surface area contributed by atoms with Gasteiger partial charge in [-0.15, -0.1) is 0 Å². The number of carbonyl (C=O) groups is 1.